The molecule has 0 aliphatic rings. The quantitative estimate of drug-likeness (QED) is 0.501. The topological polar surface area (TPSA) is 51.5 Å². The van der Waals surface area contributed by atoms with Crippen LogP contribution < -0.4 is 0 Å². The molecule has 0 fully saturated rings. The van der Waals surface area contributed by atoms with Crippen molar-refractivity contribution in [2.75, 3.05) is 14.2 Å². The van der Waals surface area contributed by atoms with Gasteiger partial charge in [0, 0.05) is 21.1 Å². The Morgan fingerprint density at radius 3 is 2.33 bits per heavy atom. The molecule has 0 rings (SSSR count). The van der Waals surface area contributed by atoms with Gasteiger partial charge in [-0.15, -0.1) is 0 Å². The van der Waals surface area contributed by atoms with E-state index in [-0.39, 0.29) is 0 Å². The number of nitrogens with zero attached hydrogens (tertiary/aromatic N) is 1. The highest BCUT2D eigenvalue weighted by Crippen LogP contribution is 2.18. The number of ether oxygens (including phenoxy) is 3. The summed E-state index contributed by atoms with van der Waals surface area (Å²) in [5, 5.41) is 8.95. The van der Waals surface area contributed by atoms with Gasteiger partial charge in [-0.05, 0) is 18.9 Å². The summed E-state index contributed by atoms with van der Waals surface area (Å²) in [4.78, 5) is 0. The third-order valence-corrected chi connectivity index (χ3v) is 2.13. The summed E-state index contributed by atoms with van der Waals surface area (Å²) in [6.45, 7) is 5.48. The van der Waals surface area contributed by atoms with E-state index in [1.54, 1.807) is 6.92 Å². The SMILES string of the molecule is CC/C=C(\C)C(C#N)OC(C)(OC)OC. The molecule has 0 heterocycles. The van der Waals surface area contributed by atoms with E-state index in [1.165, 1.54) is 14.2 Å². The lowest BCUT2D eigenvalue weighted by molar-refractivity contribution is -0.355. The summed E-state index contributed by atoms with van der Waals surface area (Å²) in [7, 11) is 2.94. The van der Waals surface area contributed by atoms with Crippen LogP contribution >= 0.6 is 0 Å². The monoisotopic (exact) mass is 213 g/mol. The average molecular weight is 213 g/mol. The van der Waals surface area contributed by atoms with E-state index in [1.807, 2.05) is 19.9 Å². The summed E-state index contributed by atoms with van der Waals surface area (Å²) in [5.74, 6) is -1.18. The van der Waals surface area contributed by atoms with Crippen molar-refractivity contribution in [2.24, 2.45) is 0 Å². The normalized spacial score (nSPS) is 14.8. The molecule has 0 aromatic heterocycles. The van der Waals surface area contributed by atoms with Crippen molar-refractivity contribution in [2.45, 2.75) is 39.3 Å². The van der Waals surface area contributed by atoms with Crippen molar-refractivity contribution in [1.82, 2.24) is 0 Å². The second-order valence-electron chi connectivity index (χ2n) is 3.25. The fourth-order valence-corrected chi connectivity index (χ4v) is 1.04. The molecule has 1 atom stereocenters. The van der Waals surface area contributed by atoms with E-state index in [0.717, 1.165) is 12.0 Å². The van der Waals surface area contributed by atoms with Gasteiger partial charge in [-0.3, -0.25) is 0 Å². The molecule has 15 heavy (non-hydrogen) atoms. The minimum Gasteiger partial charge on any atom is -0.331 e. The van der Waals surface area contributed by atoms with Crippen LogP contribution in [0.2, 0.25) is 0 Å². The molecular formula is C11H19NO3. The lowest BCUT2D eigenvalue weighted by atomic mass is 10.1. The number of nitriles is 1. The Morgan fingerprint density at radius 1 is 1.47 bits per heavy atom. The molecule has 0 N–H and O–H groups in total. The number of allylic oxidation sites excluding steroid dienone is 1. The minimum atomic E-state index is -1.18. The second kappa shape index (κ2) is 6.57. The zero-order chi connectivity index (χ0) is 11.9. The molecule has 0 bridgehead atoms. The van der Waals surface area contributed by atoms with Crippen molar-refractivity contribution in [1.29, 1.82) is 5.26 Å². The Balaban J connectivity index is 4.60. The standard InChI is InChI=1S/C11H19NO3/c1-6-7-9(2)10(8-12)15-11(3,13-4)14-5/h7,10H,6H2,1-5H3/b9-7+. The van der Waals surface area contributed by atoms with Crippen LogP contribution in [0.15, 0.2) is 11.6 Å². The summed E-state index contributed by atoms with van der Waals surface area (Å²) in [6, 6.07) is 2.06. The van der Waals surface area contributed by atoms with Gasteiger partial charge in [0.05, 0.1) is 6.07 Å². The van der Waals surface area contributed by atoms with E-state index in [9.17, 15) is 0 Å². The first-order valence-electron chi connectivity index (χ1n) is 4.87. The van der Waals surface area contributed by atoms with Crippen molar-refractivity contribution >= 4 is 0 Å². The van der Waals surface area contributed by atoms with Crippen molar-refractivity contribution in [3.8, 4) is 6.07 Å². The largest absolute Gasteiger partial charge is 0.331 e. The van der Waals surface area contributed by atoms with Crippen LogP contribution in [0.25, 0.3) is 0 Å². The van der Waals surface area contributed by atoms with Crippen LogP contribution in [0.4, 0.5) is 0 Å². The zero-order valence-corrected chi connectivity index (χ0v) is 10.0. The van der Waals surface area contributed by atoms with Crippen LogP contribution in [0, 0.1) is 11.3 Å². The predicted molar refractivity (Wildman–Crippen MR) is 57.0 cm³/mol. The molecule has 86 valence electrons. The molecule has 0 aromatic rings. The molecule has 4 nitrogen and oxygen atoms in total. The fraction of sp³-hybridized carbons (Fsp3) is 0.727. The van der Waals surface area contributed by atoms with Crippen molar-refractivity contribution in [3.63, 3.8) is 0 Å². The van der Waals surface area contributed by atoms with E-state index < -0.39 is 12.1 Å². The lowest BCUT2D eigenvalue weighted by Gasteiger charge is -2.28. The van der Waals surface area contributed by atoms with Crippen LogP contribution in [0.5, 0.6) is 0 Å². The highest BCUT2D eigenvalue weighted by Gasteiger charge is 2.29. The van der Waals surface area contributed by atoms with Gasteiger partial charge in [-0.2, -0.15) is 5.26 Å². The summed E-state index contributed by atoms with van der Waals surface area (Å²) >= 11 is 0. The molecule has 0 spiro atoms. The average Bonchev–Trinajstić information content (AvgIpc) is 2.26. The molecule has 0 radical (unpaired) electrons. The maximum atomic E-state index is 8.95. The van der Waals surface area contributed by atoms with Gasteiger partial charge in [0.15, 0.2) is 6.10 Å². The van der Waals surface area contributed by atoms with E-state index >= 15 is 0 Å². The second-order valence-corrected chi connectivity index (χ2v) is 3.25. The van der Waals surface area contributed by atoms with Crippen LogP contribution in [0.1, 0.15) is 27.2 Å². The highest BCUT2D eigenvalue weighted by molar-refractivity contribution is 5.14. The van der Waals surface area contributed by atoms with E-state index in [4.69, 9.17) is 19.5 Å². The van der Waals surface area contributed by atoms with Gasteiger partial charge < -0.3 is 14.2 Å². The molecule has 0 aliphatic heterocycles. The fourth-order valence-electron chi connectivity index (χ4n) is 1.04. The minimum absolute atomic E-state index is 0.644. The Bertz CT molecular complexity index is 251. The highest BCUT2D eigenvalue weighted by atomic mass is 16.9. The van der Waals surface area contributed by atoms with Gasteiger partial charge >= 0.3 is 0 Å². The van der Waals surface area contributed by atoms with Gasteiger partial charge in [0.1, 0.15) is 0 Å². The molecule has 0 saturated heterocycles. The Labute approximate surface area is 91.4 Å². The molecule has 0 aliphatic carbocycles. The number of methoxy groups -OCH3 is 2. The maximum Gasteiger partial charge on any atom is 0.280 e. The van der Waals surface area contributed by atoms with Crippen molar-refractivity contribution < 1.29 is 14.2 Å². The van der Waals surface area contributed by atoms with Gasteiger partial charge in [0.2, 0.25) is 0 Å². The lowest BCUT2D eigenvalue weighted by Crippen LogP contribution is -2.37. The predicted octanol–water partition coefficient (Wildman–Crippen LogP) is 2.22. The van der Waals surface area contributed by atoms with Gasteiger partial charge in [-0.25, -0.2) is 0 Å². The first-order valence-corrected chi connectivity index (χ1v) is 4.87. The first-order chi connectivity index (χ1) is 7.02. The number of hydrogen-bond donors (Lipinski definition) is 0. The first kappa shape index (κ1) is 14.1. The summed E-state index contributed by atoms with van der Waals surface area (Å²) < 4.78 is 15.5. The molecular weight excluding hydrogens is 194 g/mol. The van der Waals surface area contributed by atoms with E-state index in [2.05, 4.69) is 6.07 Å². The molecule has 0 amide bonds. The van der Waals surface area contributed by atoms with Crippen LogP contribution in [-0.4, -0.2) is 26.3 Å². The summed E-state index contributed by atoms with van der Waals surface area (Å²) in [5.41, 5.74) is 0.861. The molecule has 4 heteroatoms. The van der Waals surface area contributed by atoms with Crippen LogP contribution in [-0.2, 0) is 14.2 Å². The third-order valence-electron chi connectivity index (χ3n) is 2.13. The number of rotatable bonds is 6. The van der Waals surface area contributed by atoms with Crippen LogP contribution in [0.3, 0.4) is 0 Å². The smallest absolute Gasteiger partial charge is 0.280 e. The Morgan fingerprint density at radius 2 is 2.00 bits per heavy atom. The molecule has 0 aromatic carbocycles. The van der Waals surface area contributed by atoms with E-state index in [0.29, 0.717) is 0 Å². The number of hydrogen-bond acceptors (Lipinski definition) is 4. The molecule has 0 saturated carbocycles. The maximum absolute atomic E-state index is 8.95. The zero-order valence-electron chi connectivity index (χ0n) is 10.0. The summed E-state index contributed by atoms with van der Waals surface area (Å²) in [6.07, 6.45) is 2.17. The van der Waals surface area contributed by atoms with Gasteiger partial charge in [0.25, 0.3) is 5.97 Å². The van der Waals surface area contributed by atoms with Crippen molar-refractivity contribution in [3.05, 3.63) is 11.6 Å². The Kier molecular flexibility index (Phi) is 6.18. The van der Waals surface area contributed by atoms with Gasteiger partial charge in [-0.1, -0.05) is 13.0 Å². The Hall–Kier alpha value is -0.890. The third kappa shape index (κ3) is 4.43. The molecule has 1 unspecified atom stereocenters.